The van der Waals surface area contributed by atoms with Crippen LogP contribution in [0, 0.1) is 0 Å². The summed E-state index contributed by atoms with van der Waals surface area (Å²) in [7, 11) is 0. The lowest BCUT2D eigenvalue weighted by Gasteiger charge is -2.27. The molecule has 0 radical (unpaired) electrons. The van der Waals surface area contributed by atoms with Gasteiger partial charge in [-0.2, -0.15) is 0 Å². The predicted molar refractivity (Wildman–Crippen MR) is 133 cm³/mol. The van der Waals surface area contributed by atoms with Gasteiger partial charge in [0, 0.05) is 10.4 Å². The van der Waals surface area contributed by atoms with Crippen molar-refractivity contribution in [1.29, 1.82) is 0 Å². The molecule has 0 spiro atoms. The molecule has 4 aromatic rings. The number of aromatic hydroxyl groups is 2. The fourth-order valence-corrected chi connectivity index (χ4v) is 4.46. The van der Waals surface area contributed by atoms with Crippen molar-refractivity contribution in [2.45, 2.75) is 13.0 Å². The fourth-order valence-electron chi connectivity index (χ4n) is 4.29. The minimum absolute atomic E-state index is 0.0116. The third-order valence-electron chi connectivity index (χ3n) is 5.90. The molecule has 1 atom stereocenters. The summed E-state index contributed by atoms with van der Waals surface area (Å²) in [6, 6.07) is 15.8. The van der Waals surface area contributed by atoms with Crippen molar-refractivity contribution < 1.29 is 34.1 Å². The van der Waals surface area contributed by atoms with Crippen LogP contribution in [-0.4, -0.2) is 33.6 Å². The summed E-state index contributed by atoms with van der Waals surface area (Å²) in [6.07, 6.45) is 0. The number of aliphatic hydroxyl groups excluding tert-OH is 1. The van der Waals surface area contributed by atoms with Crippen LogP contribution in [0.4, 0.5) is 5.69 Å². The van der Waals surface area contributed by atoms with Crippen molar-refractivity contribution in [1.82, 2.24) is 0 Å². The molecule has 1 aliphatic heterocycles. The molecule has 5 rings (SSSR count). The molecule has 9 heteroatoms. The molecule has 0 fully saturated rings. The molecular formula is C27H20ClNO7. The number of carbonyl (C=O) groups is 2. The molecule has 1 unspecified atom stereocenters. The first kappa shape index (κ1) is 23.3. The molecule has 8 nitrogen and oxygen atoms in total. The van der Waals surface area contributed by atoms with Gasteiger partial charge in [0.1, 0.15) is 11.3 Å². The smallest absolute Gasteiger partial charge is 0.294 e. The lowest BCUT2D eigenvalue weighted by atomic mass is 9.94. The lowest BCUT2D eigenvalue weighted by Crippen LogP contribution is -2.31. The number of phenols is 2. The molecule has 2 heterocycles. The summed E-state index contributed by atoms with van der Waals surface area (Å²) >= 11 is 6.14. The number of aliphatic hydroxyl groups is 1. The van der Waals surface area contributed by atoms with E-state index in [4.69, 9.17) is 20.8 Å². The van der Waals surface area contributed by atoms with Gasteiger partial charge < -0.3 is 24.5 Å². The molecule has 3 aromatic carbocycles. The number of rotatable bonds is 6. The highest BCUT2D eigenvalue weighted by molar-refractivity contribution is 6.31. The van der Waals surface area contributed by atoms with Crippen molar-refractivity contribution >= 4 is 39.9 Å². The number of ketones is 1. The number of halogens is 1. The molecule has 1 aliphatic rings. The number of furan rings is 1. The number of hydrogen-bond donors (Lipinski definition) is 3. The van der Waals surface area contributed by atoms with Gasteiger partial charge in [0.2, 0.25) is 5.78 Å². The zero-order valence-electron chi connectivity index (χ0n) is 18.9. The quantitative estimate of drug-likeness (QED) is 0.288. The zero-order chi connectivity index (χ0) is 25.6. The number of phenolic OH excluding ortho intramolecular Hbond substituents is 2. The Kier molecular flexibility index (Phi) is 5.81. The maximum absolute atomic E-state index is 13.7. The van der Waals surface area contributed by atoms with E-state index in [0.717, 1.165) is 4.90 Å². The highest BCUT2D eigenvalue weighted by Crippen LogP contribution is 2.46. The maximum atomic E-state index is 13.7. The number of ether oxygens (including phenoxy) is 1. The van der Waals surface area contributed by atoms with Gasteiger partial charge in [-0.3, -0.25) is 14.5 Å². The van der Waals surface area contributed by atoms with Crippen LogP contribution in [0.15, 0.2) is 82.5 Å². The van der Waals surface area contributed by atoms with Crippen molar-refractivity contribution in [3.63, 3.8) is 0 Å². The van der Waals surface area contributed by atoms with Crippen molar-refractivity contribution in [2.24, 2.45) is 0 Å². The van der Waals surface area contributed by atoms with Gasteiger partial charge in [-0.15, -0.1) is 0 Å². The highest BCUT2D eigenvalue weighted by Gasteiger charge is 2.46. The maximum Gasteiger partial charge on any atom is 0.294 e. The highest BCUT2D eigenvalue weighted by atomic mass is 35.5. The number of amides is 1. The van der Waals surface area contributed by atoms with E-state index in [9.17, 15) is 24.9 Å². The summed E-state index contributed by atoms with van der Waals surface area (Å²) in [5.41, 5.74) is 0.538. The monoisotopic (exact) mass is 505 g/mol. The second kappa shape index (κ2) is 8.98. The number of fused-ring (bicyclic) bond motifs is 1. The zero-order valence-corrected chi connectivity index (χ0v) is 19.7. The largest absolute Gasteiger partial charge is 0.506 e. The van der Waals surface area contributed by atoms with Crippen molar-refractivity contribution in [3.05, 3.63) is 94.4 Å². The Balaban J connectivity index is 1.70. The number of benzene rings is 3. The average Bonchev–Trinajstić information content (AvgIpc) is 3.41. The standard InChI is InChI=1S/C27H20ClNO7/c1-2-35-21-12-15(7-9-19(21)31)24-23(25(32)22-11-14-5-3-4-6-20(14)36-22)26(33)27(34)29(24)17-13-16(28)8-10-18(17)30/h3-13,24,30-31,33H,2H2,1H3. The van der Waals surface area contributed by atoms with E-state index in [1.54, 1.807) is 31.2 Å². The van der Waals surface area contributed by atoms with E-state index in [2.05, 4.69) is 0 Å². The molecule has 182 valence electrons. The van der Waals surface area contributed by atoms with Crippen LogP contribution in [0.5, 0.6) is 17.2 Å². The predicted octanol–water partition coefficient (Wildman–Crippen LogP) is 5.68. The Bertz CT molecular complexity index is 1520. The number of hydrogen-bond acceptors (Lipinski definition) is 7. The molecule has 0 bridgehead atoms. The van der Waals surface area contributed by atoms with Crippen LogP contribution in [0.2, 0.25) is 5.02 Å². The SMILES string of the molecule is CCOc1cc(C2C(C(=O)c3cc4ccccc4o3)=C(O)C(=O)N2c2cc(Cl)ccc2O)ccc1O. The minimum atomic E-state index is -1.19. The summed E-state index contributed by atoms with van der Waals surface area (Å²) in [5, 5.41) is 32.6. The Morgan fingerprint density at radius 1 is 1.03 bits per heavy atom. The lowest BCUT2D eigenvalue weighted by molar-refractivity contribution is -0.117. The van der Waals surface area contributed by atoms with Crippen molar-refractivity contribution in [3.8, 4) is 17.2 Å². The third-order valence-corrected chi connectivity index (χ3v) is 6.13. The summed E-state index contributed by atoms with van der Waals surface area (Å²) in [4.78, 5) is 28.1. The van der Waals surface area contributed by atoms with Gasteiger partial charge in [0.05, 0.1) is 23.9 Å². The molecule has 3 N–H and O–H groups in total. The molecule has 0 aliphatic carbocycles. The molecule has 0 saturated carbocycles. The number of para-hydroxylation sites is 1. The molecule has 36 heavy (non-hydrogen) atoms. The third kappa shape index (κ3) is 3.81. The number of carbonyl (C=O) groups excluding carboxylic acids is 2. The van der Waals surface area contributed by atoms with Gasteiger partial charge in [0.15, 0.2) is 23.0 Å². The van der Waals surface area contributed by atoms with E-state index in [0.29, 0.717) is 16.5 Å². The van der Waals surface area contributed by atoms with E-state index in [1.807, 2.05) is 0 Å². The number of Topliss-reactive ketones (excluding diaryl/α,β-unsaturated/α-hetero) is 1. The van der Waals surface area contributed by atoms with Crippen LogP contribution < -0.4 is 9.64 Å². The Labute approximate surface area is 210 Å². The second-order valence-corrected chi connectivity index (χ2v) is 8.55. The van der Waals surface area contributed by atoms with Crippen LogP contribution >= 0.6 is 11.6 Å². The van der Waals surface area contributed by atoms with Gasteiger partial charge in [-0.1, -0.05) is 35.9 Å². The fraction of sp³-hybridized carbons (Fsp3) is 0.111. The van der Waals surface area contributed by atoms with Gasteiger partial charge in [0.25, 0.3) is 5.91 Å². The minimum Gasteiger partial charge on any atom is -0.506 e. The average molecular weight is 506 g/mol. The van der Waals surface area contributed by atoms with Crippen LogP contribution in [0.1, 0.15) is 29.1 Å². The second-order valence-electron chi connectivity index (χ2n) is 8.11. The Hall–Kier alpha value is -4.43. The first-order valence-corrected chi connectivity index (χ1v) is 11.4. The molecule has 0 saturated heterocycles. The molecular weight excluding hydrogens is 486 g/mol. The number of nitrogens with zero attached hydrogens (tertiary/aromatic N) is 1. The van der Waals surface area contributed by atoms with Gasteiger partial charge >= 0.3 is 0 Å². The Morgan fingerprint density at radius 3 is 2.53 bits per heavy atom. The van der Waals surface area contributed by atoms with Crippen LogP contribution in [-0.2, 0) is 4.79 Å². The summed E-state index contributed by atoms with van der Waals surface area (Å²) in [5.74, 6) is -2.79. The van der Waals surface area contributed by atoms with Crippen LogP contribution in [0.3, 0.4) is 0 Å². The summed E-state index contributed by atoms with van der Waals surface area (Å²) in [6.45, 7) is 2.00. The number of anilines is 1. The Morgan fingerprint density at radius 2 is 1.78 bits per heavy atom. The van der Waals surface area contributed by atoms with Crippen LogP contribution in [0.25, 0.3) is 11.0 Å². The van der Waals surface area contributed by atoms with E-state index < -0.39 is 23.5 Å². The molecule has 1 amide bonds. The first-order valence-electron chi connectivity index (χ1n) is 11.0. The van der Waals surface area contributed by atoms with E-state index in [-0.39, 0.29) is 45.9 Å². The topological polar surface area (TPSA) is 120 Å². The van der Waals surface area contributed by atoms with E-state index >= 15 is 0 Å². The van der Waals surface area contributed by atoms with Gasteiger partial charge in [-0.25, -0.2) is 0 Å². The van der Waals surface area contributed by atoms with E-state index in [1.165, 1.54) is 42.5 Å². The molecule has 1 aromatic heterocycles. The van der Waals surface area contributed by atoms with Crippen molar-refractivity contribution in [2.75, 3.05) is 11.5 Å². The first-order chi connectivity index (χ1) is 17.3. The summed E-state index contributed by atoms with van der Waals surface area (Å²) < 4.78 is 11.2. The normalized spacial score (nSPS) is 15.7. The van der Waals surface area contributed by atoms with Gasteiger partial charge in [-0.05, 0) is 55.0 Å².